The van der Waals surface area contributed by atoms with Crippen molar-refractivity contribution in [3.05, 3.63) is 57.5 Å². The molecule has 3 aromatic heterocycles. The van der Waals surface area contributed by atoms with Gasteiger partial charge in [0.15, 0.2) is 0 Å². The number of H-pyrrole nitrogens is 1. The van der Waals surface area contributed by atoms with Crippen molar-refractivity contribution >= 4 is 11.6 Å². The van der Waals surface area contributed by atoms with Crippen LogP contribution in [0.1, 0.15) is 42.5 Å². The zero-order valence-corrected chi connectivity index (χ0v) is 18.8. The quantitative estimate of drug-likeness (QED) is 0.695. The van der Waals surface area contributed by atoms with E-state index >= 15 is 0 Å². The standard InChI is InChI=1S/C23H29N7O/c1-14(2)21-25-15(3)12-20(27-21)30-10-8-29(9-11-30)19-7-6-18(13-24-19)22-26-17(5)16(4)23(31)28-22/h6-7,12-14H,8-11H2,1-5H3,(H,26,28,31). The molecule has 0 atom stereocenters. The fourth-order valence-corrected chi connectivity index (χ4v) is 3.65. The fourth-order valence-electron chi connectivity index (χ4n) is 3.65. The minimum Gasteiger partial charge on any atom is -0.353 e. The largest absolute Gasteiger partial charge is 0.353 e. The molecule has 1 fully saturated rings. The van der Waals surface area contributed by atoms with Crippen LogP contribution in [0, 0.1) is 20.8 Å². The summed E-state index contributed by atoms with van der Waals surface area (Å²) in [4.78, 5) is 37.9. The molecule has 31 heavy (non-hydrogen) atoms. The van der Waals surface area contributed by atoms with E-state index in [4.69, 9.17) is 4.98 Å². The number of hydrogen-bond acceptors (Lipinski definition) is 7. The number of aromatic amines is 1. The Labute approximate surface area is 182 Å². The number of hydrogen-bond donors (Lipinski definition) is 1. The average Bonchev–Trinajstić information content (AvgIpc) is 2.77. The molecular formula is C23H29N7O. The van der Waals surface area contributed by atoms with Gasteiger partial charge in [-0.05, 0) is 32.9 Å². The molecule has 8 heteroatoms. The molecule has 8 nitrogen and oxygen atoms in total. The molecule has 0 saturated carbocycles. The molecule has 4 heterocycles. The lowest BCUT2D eigenvalue weighted by Crippen LogP contribution is -2.47. The Kier molecular flexibility index (Phi) is 5.71. The Balaban J connectivity index is 1.46. The van der Waals surface area contributed by atoms with Gasteiger partial charge in [0.1, 0.15) is 23.3 Å². The second-order valence-corrected chi connectivity index (χ2v) is 8.38. The number of rotatable bonds is 4. The van der Waals surface area contributed by atoms with Crippen LogP contribution in [-0.4, -0.2) is 51.1 Å². The SMILES string of the molecule is Cc1cc(N2CCN(c3ccc(-c4nc(C)c(C)c(=O)[nH]4)cn3)CC2)nc(C(C)C)n1. The molecule has 3 aromatic rings. The molecule has 0 aliphatic carbocycles. The van der Waals surface area contributed by atoms with Crippen LogP contribution < -0.4 is 15.4 Å². The topological polar surface area (TPSA) is 90.9 Å². The highest BCUT2D eigenvalue weighted by Crippen LogP contribution is 2.22. The van der Waals surface area contributed by atoms with E-state index in [0.717, 1.165) is 60.6 Å². The lowest BCUT2D eigenvalue weighted by Gasteiger charge is -2.36. The van der Waals surface area contributed by atoms with Gasteiger partial charge >= 0.3 is 0 Å². The molecule has 0 unspecified atom stereocenters. The van der Waals surface area contributed by atoms with Crippen molar-refractivity contribution in [1.29, 1.82) is 0 Å². The van der Waals surface area contributed by atoms with Gasteiger partial charge in [-0.2, -0.15) is 0 Å². The van der Waals surface area contributed by atoms with Gasteiger partial charge in [0, 0.05) is 66.9 Å². The molecule has 162 valence electrons. The molecule has 0 bridgehead atoms. The Morgan fingerprint density at radius 1 is 0.935 bits per heavy atom. The van der Waals surface area contributed by atoms with Crippen LogP contribution in [0.2, 0.25) is 0 Å². The summed E-state index contributed by atoms with van der Waals surface area (Å²) in [5, 5.41) is 0. The van der Waals surface area contributed by atoms with Gasteiger partial charge < -0.3 is 14.8 Å². The third-order valence-electron chi connectivity index (χ3n) is 5.72. The molecule has 0 radical (unpaired) electrons. The highest BCUT2D eigenvalue weighted by molar-refractivity contribution is 5.57. The van der Waals surface area contributed by atoms with E-state index in [2.05, 4.69) is 49.6 Å². The van der Waals surface area contributed by atoms with Gasteiger partial charge in [0.25, 0.3) is 5.56 Å². The minimum absolute atomic E-state index is 0.108. The van der Waals surface area contributed by atoms with Crippen LogP contribution in [0.3, 0.4) is 0 Å². The maximum absolute atomic E-state index is 12.0. The smallest absolute Gasteiger partial charge is 0.254 e. The molecule has 1 N–H and O–H groups in total. The van der Waals surface area contributed by atoms with E-state index in [-0.39, 0.29) is 5.56 Å². The third-order valence-corrected chi connectivity index (χ3v) is 5.72. The van der Waals surface area contributed by atoms with Gasteiger partial charge in [0.2, 0.25) is 0 Å². The number of aryl methyl sites for hydroxylation is 2. The van der Waals surface area contributed by atoms with Crippen molar-refractivity contribution in [2.24, 2.45) is 0 Å². The molecule has 1 aliphatic rings. The first-order valence-corrected chi connectivity index (χ1v) is 10.7. The van der Waals surface area contributed by atoms with E-state index in [1.165, 1.54) is 0 Å². The monoisotopic (exact) mass is 419 g/mol. The fraction of sp³-hybridized carbons (Fsp3) is 0.435. The summed E-state index contributed by atoms with van der Waals surface area (Å²) < 4.78 is 0. The van der Waals surface area contributed by atoms with E-state index in [1.54, 1.807) is 13.1 Å². The van der Waals surface area contributed by atoms with Crippen LogP contribution in [0.25, 0.3) is 11.4 Å². The summed E-state index contributed by atoms with van der Waals surface area (Å²) in [6.07, 6.45) is 1.78. The van der Waals surface area contributed by atoms with Gasteiger partial charge in [-0.15, -0.1) is 0 Å². The Bertz CT molecular complexity index is 1130. The van der Waals surface area contributed by atoms with Crippen molar-refractivity contribution in [3.8, 4) is 11.4 Å². The second-order valence-electron chi connectivity index (χ2n) is 8.38. The van der Waals surface area contributed by atoms with Crippen molar-refractivity contribution in [1.82, 2.24) is 24.9 Å². The summed E-state index contributed by atoms with van der Waals surface area (Å²) in [6, 6.07) is 6.02. The lowest BCUT2D eigenvalue weighted by molar-refractivity contribution is 0.636. The van der Waals surface area contributed by atoms with E-state index < -0.39 is 0 Å². The Morgan fingerprint density at radius 2 is 1.61 bits per heavy atom. The first-order valence-electron chi connectivity index (χ1n) is 10.7. The van der Waals surface area contributed by atoms with Crippen LogP contribution in [0.4, 0.5) is 11.6 Å². The van der Waals surface area contributed by atoms with Crippen LogP contribution >= 0.6 is 0 Å². The predicted molar refractivity (Wildman–Crippen MR) is 123 cm³/mol. The summed E-state index contributed by atoms with van der Waals surface area (Å²) in [5.41, 5.74) is 3.08. The molecule has 0 amide bonds. The first kappa shape index (κ1) is 21.0. The van der Waals surface area contributed by atoms with Crippen molar-refractivity contribution in [2.75, 3.05) is 36.0 Å². The molecule has 0 aromatic carbocycles. The summed E-state index contributed by atoms with van der Waals surface area (Å²) in [6.45, 7) is 13.4. The number of nitrogens with one attached hydrogen (secondary N) is 1. The predicted octanol–water partition coefficient (Wildman–Crippen LogP) is 3.00. The van der Waals surface area contributed by atoms with Crippen molar-refractivity contribution in [3.63, 3.8) is 0 Å². The van der Waals surface area contributed by atoms with Crippen LogP contribution in [-0.2, 0) is 0 Å². The number of piperazine rings is 1. The third kappa shape index (κ3) is 4.42. The molecule has 0 spiro atoms. The number of aromatic nitrogens is 5. The van der Waals surface area contributed by atoms with E-state index in [1.807, 2.05) is 26.0 Å². The number of nitrogens with zero attached hydrogens (tertiary/aromatic N) is 6. The van der Waals surface area contributed by atoms with Gasteiger partial charge in [-0.3, -0.25) is 4.79 Å². The normalized spacial score (nSPS) is 14.4. The van der Waals surface area contributed by atoms with Crippen LogP contribution in [0.15, 0.2) is 29.2 Å². The van der Waals surface area contributed by atoms with Gasteiger partial charge in [-0.25, -0.2) is 19.9 Å². The molecular weight excluding hydrogens is 390 g/mol. The lowest BCUT2D eigenvalue weighted by atomic mass is 10.2. The molecule has 1 aliphatic heterocycles. The number of pyridine rings is 1. The Hall–Kier alpha value is -3.29. The minimum atomic E-state index is -0.108. The molecule has 1 saturated heterocycles. The zero-order valence-electron chi connectivity index (χ0n) is 18.8. The summed E-state index contributed by atoms with van der Waals surface area (Å²) >= 11 is 0. The summed E-state index contributed by atoms with van der Waals surface area (Å²) in [5.74, 6) is 3.69. The van der Waals surface area contributed by atoms with Crippen LogP contribution in [0.5, 0.6) is 0 Å². The van der Waals surface area contributed by atoms with Crippen molar-refractivity contribution < 1.29 is 0 Å². The maximum Gasteiger partial charge on any atom is 0.254 e. The molecule has 4 rings (SSSR count). The van der Waals surface area contributed by atoms with Crippen molar-refractivity contribution in [2.45, 2.75) is 40.5 Å². The highest BCUT2D eigenvalue weighted by Gasteiger charge is 2.20. The van der Waals surface area contributed by atoms with Gasteiger partial charge in [0.05, 0.1) is 0 Å². The zero-order chi connectivity index (χ0) is 22.1. The first-order chi connectivity index (χ1) is 14.8. The second kappa shape index (κ2) is 8.45. The Morgan fingerprint density at radius 3 is 2.19 bits per heavy atom. The number of anilines is 2. The highest BCUT2D eigenvalue weighted by atomic mass is 16.1. The summed E-state index contributed by atoms with van der Waals surface area (Å²) in [7, 11) is 0. The van der Waals surface area contributed by atoms with E-state index in [0.29, 0.717) is 17.3 Å². The van der Waals surface area contributed by atoms with E-state index in [9.17, 15) is 4.79 Å². The average molecular weight is 420 g/mol. The van der Waals surface area contributed by atoms with Gasteiger partial charge in [-0.1, -0.05) is 13.8 Å². The maximum atomic E-state index is 12.0.